The Morgan fingerprint density at radius 2 is 1.97 bits per heavy atom. The molecule has 5 nitrogen and oxygen atoms in total. The van der Waals surface area contributed by atoms with Gasteiger partial charge in [0.25, 0.3) is 5.91 Å². The maximum absolute atomic E-state index is 12.6. The molecule has 0 unspecified atom stereocenters. The number of nitrogens with zero attached hydrogens (tertiary/aromatic N) is 1. The number of aryl methyl sites for hydroxylation is 1. The van der Waals surface area contributed by atoms with Crippen LogP contribution < -0.4 is 10.6 Å². The number of carbonyl (C=O) groups excluding carboxylic acids is 1. The van der Waals surface area contributed by atoms with Gasteiger partial charge in [-0.25, -0.2) is 4.98 Å². The third-order valence-electron chi connectivity index (χ3n) is 5.77. The van der Waals surface area contributed by atoms with Crippen molar-refractivity contribution in [3.8, 4) is 11.3 Å². The second-order valence-electron chi connectivity index (χ2n) is 8.91. The predicted octanol–water partition coefficient (Wildman–Crippen LogP) is 5.20. The van der Waals surface area contributed by atoms with Crippen LogP contribution in [0.4, 0.5) is 5.69 Å². The van der Waals surface area contributed by atoms with E-state index in [1.807, 2.05) is 44.2 Å². The quantitative estimate of drug-likeness (QED) is 0.408. The lowest BCUT2D eigenvalue weighted by molar-refractivity contribution is 0.0785. The van der Waals surface area contributed by atoms with Gasteiger partial charge in [0.1, 0.15) is 4.88 Å². The summed E-state index contributed by atoms with van der Waals surface area (Å²) in [5.41, 5.74) is 4.67. The molecule has 31 heavy (non-hydrogen) atoms. The maximum Gasteiger partial charge on any atom is 0.263 e. The van der Waals surface area contributed by atoms with E-state index < -0.39 is 5.60 Å². The minimum absolute atomic E-state index is 0.0228. The number of rotatable bonds is 2. The van der Waals surface area contributed by atoms with Crippen LogP contribution in [0.25, 0.3) is 32.2 Å². The van der Waals surface area contributed by atoms with Crippen LogP contribution in [-0.4, -0.2) is 28.6 Å². The summed E-state index contributed by atoms with van der Waals surface area (Å²) < 4.78 is 1.07. The van der Waals surface area contributed by atoms with Crippen molar-refractivity contribution in [3.63, 3.8) is 0 Å². The zero-order chi connectivity index (χ0) is 21.9. The van der Waals surface area contributed by atoms with Gasteiger partial charge in [-0.2, -0.15) is 0 Å². The van der Waals surface area contributed by atoms with Crippen molar-refractivity contribution < 1.29 is 9.90 Å². The summed E-state index contributed by atoms with van der Waals surface area (Å²) >= 11 is 1.52. The zero-order valence-electron chi connectivity index (χ0n) is 18.0. The first kappa shape index (κ1) is 20.0. The van der Waals surface area contributed by atoms with Crippen LogP contribution in [0.15, 0.2) is 42.5 Å². The van der Waals surface area contributed by atoms with Gasteiger partial charge in [-0.05, 0) is 69.7 Å². The Hall–Kier alpha value is -2.96. The van der Waals surface area contributed by atoms with E-state index in [0.717, 1.165) is 53.9 Å². The molecule has 1 aliphatic rings. The summed E-state index contributed by atoms with van der Waals surface area (Å²) in [6.07, 6.45) is 0. The molecule has 0 saturated heterocycles. The van der Waals surface area contributed by atoms with E-state index >= 15 is 0 Å². The molecule has 0 saturated carbocycles. The van der Waals surface area contributed by atoms with Gasteiger partial charge in [-0.3, -0.25) is 4.79 Å². The number of pyridine rings is 1. The second-order valence-corrected chi connectivity index (χ2v) is 9.96. The summed E-state index contributed by atoms with van der Waals surface area (Å²) in [5.74, 6) is -0.0228. The van der Waals surface area contributed by atoms with Gasteiger partial charge in [-0.1, -0.05) is 11.6 Å². The summed E-state index contributed by atoms with van der Waals surface area (Å²) in [6.45, 7) is 8.31. The number of anilines is 1. The standard InChI is InChI=1S/C25H25N3O2S/c1-13-9-15(11-16(10-13)25(3,4)30)18-6-5-17-19(28-18)7-8-20-21(17)22-23(31-20)24(29)27-14(2)12-26-22/h5-11,14,26,30H,12H2,1-4H3,(H,27,29)/t14-/m1/s1. The van der Waals surface area contributed by atoms with E-state index in [-0.39, 0.29) is 11.9 Å². The fourth-order valence-electron chi connectivity index (χ4n) is 4.17. The fraction of sp³-hybridized carbons (Fsp3) is 0.280. The van der Waals surface area contributed by atoms with Gasteiger partial charge in [-0.15, -0.1) is 11.3 Å². The molecular formula is C25H25N3O2S. The molecule has 158 valence electrons. The van der Waals surface area contributed by atoms with Crippen molar-refractivity contribution in [3.05, 3.63) is 58.5 Å². The molecule has 3 heterocycles. The van der Waals surface area contributed by atoms with E-state index in [2.05, 4.69) is 22.8 Å². The first-order chi connectivity index (χ1) is 14.7. The van der Waals surface area contributed by atoms with Gasteiger partial charge in [0.05, 0.1) is 22.5 Å². The highest BCUT2D eigenvalue weighted by Crippen LogP contribution is 2.41. The maximum atomic E-state index is 12.6. The molecular weight excluding hydrogens is 406 g/mol. The van der Waals surface area contributed by atoms with E-state index in [1.165, 1.54) is 11.3 Å². The van der Waals surface area contributed by atoms with Crippen LogP contribution in [0.1, 0.15) is 41.6 Å². The Bertz CT molecular complexity index is 1350. The molecule has 2 aromatic heterocycles. The minimum Gasteiger partial charge on any atom is -0.386 e. The first-order valence-electron chi connectivity index (χ1n) is 10.5. The molecule has 0 radical (unpaired) electrons. The zero-order valence-corrected chi connectivity index (χ0v) is 18.9. The van der Waals surface area contributed by atoms with Crippen LogP contribution in [0.5, 0.6) is 0 Å². The van der Waals surface area contributed by atoms with Crippen LogP contribution in [0.2, 0.25) is 0 Å². The molecule has 6 heteroatoms. The molecule has 3 N–H and O–H groups in total. The number of thiophene rings is 1. The molecule has 1 amide bonds. The van der Waals surface area contributed by atoms with Gasteiger partial charge in [0.2, 0.25) is 0 Å². The van der Waals surface area contributed by atoms with E-state index in [9.17, 15) is 9.90 Å². The van der Waals surface area contributed by atoms with Crippen LogP contribution in [0, 0.1) is 6.92 Å². The Morgan fingerprint density at radius 1 is 1.16 bits per heavy atom. The molecule has 4 aromatic rings. The molecule has 0 fully saturated rings. The topological polar surface area (TPSA) is 74.2 Å². The van der Waals surface area contributed by atoms with Crippen molar-refractivity contribution in [2.24, 2.45) is 0 Å². The first-order valence-corrected chi connectivity index (χ1v) is 11.3. The second kappa shape index (κ2) is 7.04. The third-order valence-corrected chi connectivity index (χ3v) is 6.92. The van der Waals surface area contributed by atoms with Gasteiger partial charge < -0.3 is 15.7 Å². The fourth-order valence-corrected chi connectivity index (χ4v) is 5.27. The molecule has 1 aliphatic heterocycles. The lowest BCUT2D eigenvalue weighted by atomic mass is 9.93. The monoisotopic (exact) mass is 431 g/mol. The number of hydrogen-bond donors (Lipinski definition) is 3. The lowest BCUT2D eigenvalue weighted by Crippen LogP contribution is -2.34. The van der Waals surface area contributed by atoms with Gasteiger partial charge in [0.15, 0.2) is 0 Å². The normalized spacial score (nSPS) is 16.7. The Balaban J connectivity index is 1.68. The average Bonchev–Trinajstić information content (AvgIpc) is 3.03. The molecule has 5 rings (SSSR count). The molecule has 0 aliphatic carbocycles. The predicted molar refractivity (Wildman–Crippen MR) is 128 cm³/mol. The van der Waals surface area contributed by atoms with Crippen LogP contribution >= 0.6 is 11.3 Å². The molecule has 0 spiro atoms. The summed E-state index contributed by atoms with van der Waals surface area (Å²) in [5, 5.41) is 19.1. The number of amides is 1. The summed E-state index contributed by atoms with van der Waals surface area (Å²) in [7, 11) is 0. The number of fused-ring (bicyclic) bond motifs is 5. The Kier molecular flexibility index (Phi) is 4.53. The van der Waals surface area contributed by atoms with Crippen molar-refractivity contribution in [1.29, 1.82) is 0 Å². The molecule has 1 atom stereocenters. The van der Waals surface area contributed by atoms with E-state index in [4.69, 9.17) is 4.98 Å². The Labute approximate surface area is 185 Å². The largest absolute Gasteiger partial charge is 0.386 e. The number of aliphatic hydroxyl groups is 1. The van der Waals surface area contributed by atoms with E-state index in [1.54, 1.807) is 13.8 Å². The van der Waals surface area contributed by atoms with Gasteiger partial charge in [0, 0.05) is 33.6 Å². The van der Waals surface area contributed by atoms with Crippen LogP contribution in [0.3, 0.4) is 0 Å². The van der Waals surface area contributed by atoms with Crippen LogP contribution in [-0.2, 0) is 5.60 Å². The number of aromatic nitrogens is 1. The summed E-state index contributed by atoms with van der Waals surface area (Å²) in [6, 6.07) is 14.4. The molecule has 2 aromatic carbocycles. The lowest BCUT2D eigenvalue weighted by Gasteiger charge is -2.19. The van der Waals surface area contributed by atoms with E-state index in [0.29, 0.717) is 6.54 Å². The SMILES string of the molecule is Cc1cc(-c2ccc3c(ccc4sc5c(c43)NC[C@@H](C)NC5=O)n2)cc(C(C)(C)O)c1. The number of nitrogens with one attached hydrogen (secondary N) is 2. The Morgan fingerprint density at radius 3 is 2.74 bits per heavy atom. The van der Waals surface area contributed by atoms with Crippen molar-refractivity contribution in [2.45, 2.75) is 39.3 Å². The highest BCUT2D eigenvalue weighted by atomic mass is 32.1. The number of carbonyl (C=O) groups is 1. The highest BCUT2D eigenvalue weighted by Gasteiger charge is 2.25. The average molecular weight is 432 g/mol. The molecule has 0 bridgehead atoms. The minimum atomic E-state index is -0.915. The number of hydrogen-bond acceptors (Lipinski definition) is 5. The van der Waals surface area contributed by atoms with Crippen molar-refractivity contribution >= 4 is 43.9 Å². The van der Waals surface area contributed by atoms with Crippen molar-refractivity contribution in [2.75, 3.05) is 11.9 Å². The summed E-state index contributed by atoms with van der Waals surface area (Å²) in [4.78, 5) is 18.3. The smallest absolute Gasteiger partial charge is 0.263 e. The third kappa shape index (κ3) is 3.46. The van der Waals surface area contributed by atoms with Crippen molar-refractivity contribution in [1.82, 2.24) is 10.3 Å². The number of benzene rings is 2. The highest BCUT2D eigenvalue weighted by molar-refractivity contribution is 7.21. The van der Waals surface area contributed by atoms with Gasteiger partial charge >= 0.3 is 0 Å².